The third-order valence-corrected chi connectivity index (χ3v) is 1.45. The fourth-order valence-electron chi connectivity index (χ4n) is 0.857. The number of Topliss-reactive ketones (excluding diaryl/α,β-unsaturated/α-hetero) is 1. The van der Waals surface area contributed by atoms with Crippen LogP contribution in [0.15, 0.2) is 30.3 Å². The number of aliphatic carboxylic acids is 1. The smallest absolute Gasteiger partial charge is 0.475 e. The van der Waals surface area contributed by atoms with E-state index in [0.717, 1.165) is 5.56 Å². The molecule has 62 valence electrons. The van der Waals surface area contributed by atoms with Crippen LogP contribution in [0.3, 0.4) is 0 Å². The molecule has 1 N–H and O–H groups in total. The normalized spacial score (nSPS) is 8.62. The summed E-state index contributed by atoms with van der Waals surface area (Å²) in [5, 5.41) is 8.29. The zero-order valence-electron chi connectivity index (χ0n) is 7.36. The first-order valence-electron chi connectivity index (χ1n) is 3.50. The van der Waals surface area contributed by atoms with E-state index in [2.05, 4.69) is 0 Å². The van der Waals surface area contributed by atoms with Gasteiger partial charge < -0.3 is 5.11 Å². The topological polar surface area (TPSA) is 54.4 Å². The summed E-state index contributed by atoms with van der Waals surface area (Å²) in [7, 11) is 0. The van der Waals surface area contributed by atoms with Crippen LogP contribution in [-0.2, 0) is 16.0 Å². The molecule has 0 fully saturated rings. The Balaban J connectivity index is 0.00000144. The van der Waals surface area contributed by atoms with Crippen LogP contribution in [0.4, 0.5) is 0 Å². The van der Waals surface area contributed by atoms with Gasteiger partial charge in [0.25, 0.3) is 0 Å². The van der Waals surface area contributed by atoms with Crippen molar-refractivity contribution < 1.29 is 44.3 Å². The fraction of sp³-hybridized carbons (Fsp3) is 0.111. The van der Waals surface area contributed by atoms with Crippen LogP contribution in [0, 0.1) is 0 Å². The minimum absolute atomic E-state index is 0. The van der Waals surface area contributed by atoms with Gasteiger partial charge in [0.15, 0.2) is 0 Å². The second-order valence-electron chi connectivity index (χ2n) is 2.39. The van der Waals surface area contributed by atoms with E-state index in [9.17, 15) is 9.59 Å². The molecule has 0 radical (unpaired) electrons. The SMILES string of the molecule is O=C(O)C(=O)Cc1ccccc1.[Na+]. The van der Waals surface area contributed by atoms with Gasteiger partial charge in [0.05, 0.1) is 0 Å². The Morgan fingerprint density at radius 3 is 2.15 bits per heavy atom. The van der Waals surface area contributed by atoms with E-state index in [1.165, 1.54) is 0 Å². The number of carbonyl (C=O) groups excluding carboxylic acids is 1. The minimum atomic E-state index is -1.38. The summed E-state index contributed by atoms with van der Waals surface area (Å²) >= 11 is 0. The molecule has 0 bridgehead atoms. The van der Waals surface area contributed by atoms with Crippen LogP contribution >= 0.6 is 0 Å². The summed E-state index contributed by atoms with van der Waals surface area (Å²) in [6.07, 6.45) is -0.0316. The van der Waals surface area contributed by atoms with Crippen LogP contribution in [0.25, 0.3) is 0 Å². The van der Waals surface area contributed by atoms with Gasteiger partial charge in [0, 0.05) is 6.42 Å². The Labute approximate surface area is 98.1 Å². The van der Waals surface area contributed by atoms with Crippen molar-refractivity contribution in [2.75, 3.05) is 0 Å². The van der Waals surface area contributed by atoms with Crippen LogP contribution < -0.4 is 29.6 Å². The van der Waals surface area contributed by atoms with Gasteiger partial charge in [-0.3, -0.25) is 4.79 Å². The number of benzene rings is 1. The van der Waals surface area contributed by atoms with Gasteiger partial charge in [0.2, 0.25) is 5.78 Å². The first-order chi connectivity index (χ1) is 5.70. The maximum absolute atomic E-state index is 10.7. The minimum Gasteiger partial charge on any atom is -0.475 e. The second kappa shape index (κ2) is 5.91. The first-order valence-corrected chi connectivity index (χ1v) is 3.50. The fourth-order valence-corrected chi connectivity index (χ4v) is 0.857. The molecule has 0 aliphatic rings. The maximum Gasteiger partial charge on any atom is 1.00 e. The third-order valence-electron chi connectivity index (χ3n) is 1.45. The molecule has 13 heavy (non-hydrogen) atoms. The quantitative estimate of drug-likeness (QED) is 0.435. The monoisotopic (exact) mass is 187 g/mol. The predicted octanol–water partition coefficient (Wildman–Crippen LogP) is -2.11. The summed E-state index contributed by atoms with van der Waals surface area (Å²) in [6.45, 7) is 0. The average molecular weight is 187 g/mol. The molecule has 0 aliphatic carbocycles. The summed E-state index contributed by atoms with van der Waals surface area (Å²) in [5.74, 6) is -2.15. The van der Waals surface area contributed by atoms with E-state index in [-0.39, 0.29) is 36.0 Å². The molecular formula is C9H8NaO3+. The number of hydrogen-bond acceptors (Lipinski definition) is 2. The van der Waals surface area contributed by atoms with Crippen molar-refractivity contribution in [3.63, 3.8) is 0 Å². The Bertz CT molecular complexity index is 295. The van der Waals surface area contributed by atoms with Crippen molar-refractivity contribution in [1.82, 2.24) is 0 Å². The van der Waals surface area contributed by atoms with Crippen molar-refractivity contribution in [2.24, 2.45) is 0 Å². The van der Waals surface area contributed by atoms with Crippen molar-refractivity contribution in [3.05, 3.63) is 35.9 Å². The molecule has 1 aromatic carbocycles. The van der Waals surface area contributed by atoms with E-state index < -0.39 is 11.8 Å². The molecule has 0 unspecified atom stereocenters. The van der Waals surface area contributed by atoms with E-state index in [1.54, 1.807) is 24.3 Å². The van der Waals surface area contributed by atoms with Gasteiger partial charge in [-0.05, 0) is 5.56 Å². The number of ketones is 1. The largest absolute Gasteiger partial charge is 1.00 e. The third kappa shape index (κ3) is 4.22. The van der Waals surface area contributed by atoms with Crippen LogP contribution in [0.2, 0.25) is 0 Å². The number of hydrogen-bond donors (Lipinski definition) is 1. The van der Waals surface area contributed by atoms with Gasteiger partial charge in [-0.1, -0.05) is 30.3 Å². The Hall–Kier alpha value is -0.640. The van der Waals surface area contributed by atoms with Crippen LogP contribution in [0.5, 0.6) is 0 Å². The molecule has 1 rings (SSSR count). The summed E-state index contributed by atoms with van der Waals surface area (Å²) in [4.78, 5) is 20.9. The number of carbonyl (C=O) groups is 2. The molecule has 0 heterocycles. The first kappa shape index (κ1) is 12.4. The molecule has 0 atom stereocenters. The van der Waals surface area contributed by atoms with Gasteiger partial charge in [0.1, 0.15) is 0 Å². The molecule has 0 saturated heterocycles. The molecule has 0 amide bonds. The second-order valence-corrected chi connectivity index (χ2v) is 2.39. The Morgan fingerprint density at radius 1 is 1.15 bits per heavy atom. The summed E-state index contributed by atoms with van der Waals surface area (Å²) < 4.78 is 0. The number of rotatable bonds is 3. The van der Waals surface area contributed by atoms with Gasteiger partial charge in [-0.25, -0.2) is 4.79 Å². The van der Waals surface area contributed by atoms with Crippen molar-refractivity contribution >= 4 is 11.8 Å². The van der Waals surface area contributed by atoms with Gasteiger partial charge >= 0.3 is 35.5 Å². The summed E-state index contributed by atoms with van der Waals surface area (Å²) in [6, 6.07) is 8.80. The van der Waals surface area contributed by atoms with E-state index >= 15 is 0 Å². The van der Waals surface area contributed by atoms with Crippen LogP contribution in [-0.4, -0.2) is 16.9 Å². The number of carboxylic acid groups (broad SMARTS) is 1. The molecule has 0 aromatic heterocycles. The van der Waals surface area contributed by atoms with E-state index in [4.69, 9.17) is 5.11 Å². The molecule has 0 saturated carbocycles. The standard InChI is InChI=1S/C9H8O3.Na/c10-8(9(11)12)6-7-4-2-1-3-5-7;/h1-5H,6H2,(H,11,12);/q;+1. The van der Waals surface area contributed by atoms with Crippen molar-refractivity contribution in [1.29, 1.82) is 0 Å². The summed E-state index contributed by atoms with van der Waals surface area (Å²) in [5.41, 5.74) is 0.727. The Morgan fingerprint density at radius 2 is 1.69 bits per heavy atom. The van der Waals surface area contributed by atoms with E-state index in [0.29, 0.717) is 0 Å². The van der Waals surface area contributed by atoms with Crippen molar-refractivity contribution in [2.45, 2.75) is 6.42 Å². The molecule has 3 nitrogen and oxygen atoms in total. The van der Waals surface area contributed by atoms with E-state index in [1.807, 2.05) is 6.07 Å². The van der Waals surface area contributed by atoms with Crippen LogP contribution in [0.1, 0.15) is 5.56 Å². The molecule has 0 aliphatic heterocycles. The molecular weight excluding hydrogens is 179 g/mol. The molecule has 1 aromatic rings. The zero-order chi connectivity index (χ0) is 8.97. The molecule has 0 spiro atoms. The predicted molar refractivity (Wildman–Crippen MR) is 42.8 cm³/mol. The number of carboxylic acids is 1. The maximum atomic E-state index is 10.7. The average Bonchev–Trinajstić information content (AvgIpc) is 2.06. The zero-order valence-corrected chi connectivity index (χ0v) is 9.36. The van der Waals surface area contributed by atoms with Gasteiger partial charge in [-0.2, -0.15) is 0 Å². The molecule has 4 heteroatoms. The van der Waals surface area contributed by atoms with Gasteiger partial charge in [-0.15, -0.1) is 0 Å². The van der Waals surface area contributed by atoms with Crippen molar-refractivity contribution in [3.8, 4) is 0 Å². The Kier molecular flexibility index (Phi) is 5.62.